The predicted octanol–water partition coefficient (Wildman–Crippen LogP) is 5.32. The number of carbonyl (C=O) groups is 1. The Morgan fingerprint density at radius 1 is 1.07 bits per heavy atom. The van der Waals surface area contributed by atoms with E-state index in [-0.39, 0.29) is 5.92 Å². The summed E-state index contributed by atoms with van der Waals surface area (Å²) in [6.07, 6.45) is 2.28. The van der Waals surface area contributed by atoms with Crippen molar-refractivity contribution in [2.45, 2.75) is 39.4 Å². The second-order valence-corrected chi connectivity index (χ2v) is 7.60. The molecule has 2 aromatic carbocycles. The highest BCUT2D eigenvalue weighted by Gasteiger charge is 2.23. The van der Waals surface area contributed by atoms with Crippen LogP contribution in [0.15, 0.2) is 66.9 Å². The van der Waals surface area contributed by atoms with Gasteiger partial charge in [-0.2, -0.15) is 0 Å². The van der Waals surface area contributed by atoms with Crippen LogP contribution in [0.2, 0.25) is 0 Å². The molecule has 1 N–H and O–H groups in total. The molecule has 0 heterocycles. The van der Waals surface area contributed by atoms with E-state index in [0.717, 1.165) is 5.56 Å². The summed E-state index contributed by atoms with van der Waals surface area (Å²) in [6, 6.07) is 16.6. The van der Waals surface area contributed by atoms with Gasteiger partial charge >= 0.3 is 6.09 Å². The Morgan fingerprint density at radius 3 is 2.21 bits per heavy atom. The minimum Gasteiger partial charge on any atom is -0.497 e. The average molecular weight is 383 g/mol. The molecule has 0 aliphatic heterocycles. The van der Waals surface area contributed by atoms with E-state index in [0.29, 0.717) is 11.4 Å². The zero-order valence-electron chi connectivity index (χ0n) is 17.1. The van der Waals surface area contributed by atoms with Gasteiger partial charge in [0.25, 0.3) is 0 Å². The molecule has 0 bridgehead atoms. The van der Waals surface area contributed by atoms with Gasteiger partial charge in [0.05, 0.1) is 18.9 Å². The Hall–Kier alpha value is -2.79. The number of carbonyl (C=O) groups excluding carboxylic acids is 1. The summed E-state index contributed by atoms with van der Waals surface area (Å²) >= 11 is 0. The number of anilines is 1. The number of aliphatic hydroxyl groups excluding tert-OH is 1. The Bertz CT molecular complexity index is 778. The van der Waals surface area contributed by atoms with Crippen LogP contribution in [0.5, 0.6) is 5.75 Å². The quantitative estimate of drug-likeness (QED) is 0.733. The van der Waals surface area contributed by atoms with Crippen LogP contribution in [0.4, 0.5) is 10.5 Å². The number of nitrogens with zero attached hydrogens (tertiary/aromatic N) is 1. The molecule has 5 heteroatoms. The van der Waals surface area contributed by atoms with Crippen LogP contribution >= 0.6 is 0 Å². The van der Waals surface area contributed by atoms with E-state index >= 15 is 0 Å². The van der Waals surface area contributed by atoms with Crippen molar-refractivity contribution in [1.82, 2.24) is 0 Å². The fourth-order valence-corrected chi connectivity index (χ4v) is 2.59. The van der Waals surface area contributed by atoms with E-state index in [2.05, 4.69) is 0 Å². The summed E-state index contributed by atoms with van der Waals surface area (Å²) < 4.78 is 10.7. The minimum absolute atomic E-state index is 0.203. The molecule has 2 aromatic rings. The highest BCUT2D eigenvalue weighted by Crippen LogP contribution is 2.25. The van der Waals surface area contributed by atoms with Crippen LogP contribution in [0, 0.1) is 5.92 Å². The van der Waals surface area contributed by atoms with E-state index in [9.17, 15) is 9.90 Å². The summed E-state index contributed by atoms with van der Waals surface area (Å²) in [6.45, 7) is 7.36. The van der Waals surface area contributed by atoms with Crippen LogP contribution in [-0.2, 0) is 4.74 Å². The van der Waals surface area contributed by atoms with E-state index in [1.54, 1.807) is 43.7 Å². The second kappa shape index (κ2) is 9.42. The van der Waals surface area contributed by atoms with Gasteiger partial charge < -0.3 is 14.6 Å². The van der Waals surface area contributed by atoms with Gasteiger partial charge in [-0.3, -0.25) is 4.90 Å². The standard InChI is InChI=1S/C23H29NO4/c1-17(21(25)18-9-7-6-8-10-18)15-16-24(22(26)28-23(2,3)4)19-11-13-20(27-5)14-12-19/h6-17,21,25H,1-5H3/b16-15-/t17-,21-/m1/s1. The normalized spacial score (nSPS) is 13.8. The molecule has 0 saturated carbocycles. The van der Waals surface area contributed by atoms with Gasteiger partial charge in [-0.15, -0.1) is 0 Å². The third kappa shape index (κ3) is 6.13. The molecule has 0 aliphatic rings. The Balaban J connectivity index is 2.24. The lowest BCUT2D eigenvalue weighted by Crippen LogP contribution is -2.33. The number of ether oxygens (including phenoxy) is 2. The summed E-state index contributed by atoms with van der Waals surface area (Å²) in [4.78, 5) is 14.2. The van der Waals surface area contributed by atoms with Crippen molar-refractivity contribution in [1.29, 1.82) is 0 Å². The Kier molecular flexibility index (Phi) is 7.24. The van der Waals surface area contributed by atoms with Crippen LogP contribution in [0.1, 0.15) is 39.4 Å². The van der Waals surface area contributed by atoms with Crippen molar-refractivity contribution in [2.24, 2.45) is 5.92 Å². The lowest BCUT2D eigenvalue weighted by atomic mass is 9.97. The van der Waals surface area contributed by atoms with Crippen molar-refractivity contribution in [3.63, 3.8) is 0 Å². The third-order valence-corrected chi connectivity index (χ3v) is 4.12. The number of rotatable bonds is 6. The minimum atomic E-state index is -0.672. The Labute approximate surface area is 167 Å². The summed E-state index contributed by atoms with van der Waals surface area (Å²) in [5.74, 6) is 0.496. The van der Waals surface area contributed by atoms with E-state index < -0.39 is 17.8 Å². The highest BCUT2D eigenvalue weighted by atomic mass is 16.6. The van der Waals surface area contributed by atoms with Gasteiger partial charge in [-0.1, -0.05) is 43.3 Å². The van der Waals surface area contributed by atoms with Crippen molar-refractivity contribution >= 4 is 11.8 Å². The first-order valence-electron chi connectivity index (χ1n) is 9.29. The van der Waals surface area contributed by atoms with E-state index in [1.165, 1.54) is 4.90 Å². The number of amides is 1. The number of hydrogen-bond acceptors (Lipinski definition) is 4. The fraction of sp³-hybridized carbons (Fsp3) is 0.348. The molecule has 0 aliphatic carbocycles. The molecule has 150 valence electrons. The van der Waals surface area contributed by atoms with Crippen LogP contribution < -0.4 is 9.64 Å². The maximum atomic E-state index is 12.7. The SMILES string of the molecule is COc1ccc(N(/C=C\[C@@H](C)[C@@H](O)c2ccccc2)C(=O)OC(C)(C)C)cc1. The maximum Gasteiger partial charge on any atom is 0.418 e. The molecule has 0 spiro atoms. The summed E-state index contributed by atoms with van der Waals surface area (Å²) in [7, 11) is 1.59. The molecular weight excluding hydrogens is 354 g/mol. The second-order valence-electron chi connectivity index (χ2n) is 7.60. The largest absolute Gasteiger partial charge is 0.497 e. The molecule has 2 atom stereocenters. The summed E-state index contributed by atoms with van der Waals surface area (Å²) in [5, 5.41) is 10.6. The van der Waals surface area contributed by atoms with Crippen LogP contribution in [0.3, 0.4) is 0 Å². The van der Waals surface area contributed by atoms with Crippen molar-refractivity contribution in [3.05, 3.63) is 72.4 Å². The number of hydrogen-bond donors (Lipinski definition) is 1. The molecule has 28 heavy (non-hydrogen) atoms. The molecule has 0 saturated heterocycles. The van der Waals surface area contributed by atoms with Crippen molar-refractivity contribution in [3.8, 4) is 5.75 Å². The zero-order chi connectivity index (χ0) is 20.7. The highest BCUT2D eigenvalue weighted by molar-refractivity contribution is 5.90. The first-order chi connectivity index (χ1) is 13.2. The van der Waals surface area contributed by atoms with Crippen molar-refractivity contribution < 1.29 is 19.4 Å². The number of aliphatic hydroxyl groups is 1. The van der Waals surface area contributed by atoms with E-state index in [1.807, 2.05) is 58.0 Å². The summed E-state index contributed by atoms with van der Waals surface area (Å²) in [5.41, 5.74) is 0.853. The first kappa shape index (κ1) is 21.5. The number of benzene rings is 2. The van der Waals surface area contributed by atoms with Crippen LogP contribution in [0.25, 0.3) is 0 Å². The zero-order valence-corrected chi connectivity index (χ0v) is 17.1. The molecule has 0 unspecified atom stereocenters. The average Bonchev–Trinajstić information content (AvgIpc) is 2.67. The lowest BCUT2D eigenvalue weighted by Gasteiger charge is -2.26. The molecular formula is C23H29NO4. The first-order valence-corrected chi connectivity index (χ1v) is 9.29. The van der Waals surface area contributed by atoms with E-state index in [4.69, 9.17) is 9.47 Å². The molecule has 0 fully saturated rings. The monoisotopic (exact) mass is 383 g/mol. The molecule has 0 radical (unpaired) electrons. The fourth-order valence-electron chi connectivity index (χ4n) is 2.59. The van der Waals surface area contributed by atoms with Gasteiger partial charge in [0, 0.05) is 12.1 Å². The lowest BCUT2D eigenvalue weighted by molar-refractivity contribution is 0.0596. The third-order valence-electron chi connectivity index (χ3n) is 4.12. The molecule has 5 nitrogen and oxygen atoms in total. The van der Waals surface area contributed by atoms with Gasteiger partial charge in [0.15, 0.2) is 0 Å². The van der Waals surface area contributed by atoms with Gasteiger partial charge in [-0.05, 0) is 50.6 Å². The molecule has 2 rings (SSSR count). The van der Waals surface area contributed by atoms with Crippen LogP contribution in [-0.4, -0.2) is 23.9 Å². The van der Waals surface area contributed by atoms with Gasteiger partial charge in [0.2, 0.25) is 0 Å². The molecule has 0 aromatic heterocycles. The number of methoxy groups -OCH3 is 1. The maximum absolute atomic E-state index is 12.7. The predicted molar refractivity (Wildman–Crippen MR) is 111 cm³/mol. The van der Waals surface area contributed by atoms with Gasteiger partial charge in [-0.25, -0.2) is 4.79 Å². The molecule has 1 amide bonds. The van der Waals surface area contributed by atoms with Gasteiger partial charge in [0.1, 0.15) is 11.4 Å². The van der Waals surface area contributed by atoms with Crippen molar-refractivity contribution in [2.75, 3.05) is 12.0 Å². The topological polar surface area (TPSA) is 59.0 Å². The smallest absolute Gasteiger partial charge is 0.418 e. The Morgan fingerprint density at radius 2 is 1.68 bits per heavy atom.